The van der Waals surface area contributed by atoms with E-state index in [-0.39, 0.29) is 12.4 Å². The van der Waals surface area contributed by atoms with Gasteiger partial charge in [0.25, 0.3) is 0 Å². The summed E-state index contributed by atoms with van der Waals surface area (Å²) in [5.41, 5.74) is 5.28. The van der Waals surface area contributed by atoms with E-state index < -0.39 is 5.91 Å². The van der Waals surface area contributed by atoms with E-state index in [1.165, 1.54) is 18.3 Å². The molecule has 5 nitrogen and oxygen atoms in total. The van der Waals surface area contributed by atoms with Gasteiger partial charge in [-0.25, -0.2) is 4.98 Å². The molecule has 0 aliphatic carbocycles. The van der Waals surface area contributed by atoms with E-state index in [1.807, 2.05) is 0 Å². The SMILES string of the molecule is Cl.NC(=O)c1ccc(NC=O)nc1. The molecular formula is C7H8ClN3O2. The Hall–Kier alpha value is -1.62. The number of hydrogen-bond donors (Lipinski definition) is 2. The summed E-state index contributed by atoms with van der Waals surface area (Å²) in [7, 11) is 0. The van der Waals surface area contributed by atoms with Crippen LogP contribution in [0.25, 0.3) is 0 Å². The Balaban J connectivity index is 0.00000144. The molecule has 0 atom stereocenters. The standard InChI is InChI=1S/C7H7N3O2.ClH/c8-7(12)5-1-2-6(9-3-5)10-4-11;/h1-4H,(H2,8,12)(H,9,10,11);1H. The average Bonchev–Trinajstić information content (AvgIpc) is 2.06. The molecule has 13 heavy (non-hydrogen) atoms. The lowest BCUT2D eigenvalue weighted by atomic mass is 10.3. The number of aromatic nitrogens is 1. The highest BCUT2D eigenvalue weighted by molar-refractivity contribution is 5.92. The predicted molar refractivity (Wildman–Crippen MR) is 49.7 cm³/mol. The fourth-order valence-electron chi connectivity index (χ4n) is 0.685. The normalized spacial score (nSPS) is 8.31. The molecule has 1 heterocycles. The van der Waals surface area contributed by atoms with Crippen LogP contribution in [0.3, 0.4) is 0 Å². The van der Waals surface area contributed by atoms with Crippen LogP contribution in [0, 0.1) is 0 Å². The number of primary amides is 1. The van der Waals surface area contributed by atoms with Gasteiger partial charge >= 0.3 is 0 Å². The highest BCUT2D eigenvalue weighted by atomic mass is 35.5. The second kappa shape index (κ2) is 5.10. The molecule has 1 rings (SSSR count). The van der Waals surface area contributed by atoms with Crippen LogP contribution in [-0.2, 0) is 4.79 Å². The molecule has 0 spiro atoms. The molecule has 3 N–H and O–H groups in total. The third-order valence-corrected chi connectivity index (χ3v) is 1.25. The summed E-state index contributed by atoms with van der Waals surface area (Å²) >= 11 is 0. The van der Waals surface area contributed by atoms with Crippen molar-refractivity contribution in [2.24, 2.45) is 5.73 Å². The molecule has 1 aromatic heterocycles. The summed E-state index contributed by atoms with van der Waals surface area (Å²) in [5, 5.41) is 2.33. The fraction of sp³-hybridized carbons (Fsp3) is 0. The number of rotatable bonds is 3. The molecule has 0 saturated heterocycles. The Labute approximate surface area is 80.7 Å². The Morgan fingerprint density at radius 1 is 1.54 bits per heavy atom. The van der Waals surface area contributed by atoms with Gasteiger partial charge < -0.3 is 11.1 Å². The summed E-state index contributed by atoms with van der Waals surface area (Å²) in [6.07, 6.45) is 1.81. The smallest absolute Gasteiger partial charge is 0.250 e. The first-order valence-corrected chi connectivity index (χ1v) is 3.20. The lowest BCUT2D eigenvalue weighted by Gasteiger charge is -1.97. The van der Waals surface area contributed by atoms with Crippen molar-refractivity contribution in [3.63, 3.8) is 0 Å². The molecule has 0 aliphatic rings. The molecule has 0 aliphatic heterocycles. The minimum absolute atomic E-state index is 0. The first kappa shape index (κ1) is 11.4. The first-order valence-electron chi connectivity index (χ1n) is 3.20. The third-order valence-electron chi connectivity index (χ3n) is 1.25. The summed E-state index contributed by atoms with van der Waals surface area (Å²) in [6, 6.07) is 2.98. The topological polar surface area (TPSA) is 85.1 Å². The number of carbonyl (C=O) groups is 2. The van der Waals surface area contributed by atoms with Crippen molar-refractivity contribution >= 4 is 30.5 Å². The monoisotopic (exact) mass is 201 g/mol. The van der Waals surface area contributed by atoms with Crippen molar-refractivity contribution in [1.82, 2.24) is 4.98 Å². The fourth-order valence-corrected chi connectivity index (χ4v) is 0.685. The number of anilines is 1. The van der Waals surface area contributed by atoms with Crippen molar-refractivity contribution in [1.29, 1.82) is 0 Å². The molecule has 70 valence electrons. The molecule has 0 fully saturated rings. The molecule has 0 radical (unpaired) electrons. The summed E-state index contributed by atoms with van der Waals surface area (Å²) in [5.74, 6) is -0.157. The Bertz CT molecular complexity index is 299. The van der Waals surface area contributed by atoms with Crippen LogP contribution >= 0.6 is 12.4 Å². The third kappa shape index (κ3) is 3.08. The van der Waals surface area contributed by atoms with Gasteiger partial charge in [-0.1, -0.05) is 0 Å². The van der Waals surface area contributed by atoms with E-state index in [4.69, 9.17) is 5.73 Å². The predicted octanol–water partition coefficient (Wildman–Crippen LogP) is 0.171. The van der Waals surface area contributed by atoms with E-state index >= 15 is 0 Å². The van der Waals surface area contributed by atoms with Crippen LogP contribution < -0.4 is 11.1 Å². The minimum atomic E-state index is -0.542. The highest BCUT2D eigenvalue weighted by Crippen LogP contribution is 2.02. The van der Waals surface area contributed by atoms with Gasteiger partial charge in [0.1, 0.15) is 5.82 Å². The molecule has 0 unspecified atom stereocenters. The van der Waals surface area contributed by atoms with Crippen LogP contribution in [-0.4, -0.2) is 17.3 Å². The number of halogens is 1. The van der Waals surface area contributed by atoms with Gasteiger partial charge in [0.2, 0.25) is 12.3 Å². The molecule has 0 bridgehead atoms. The van der Waals surface area contributed by atoms with Gasteiger partial charge in [-0.3, -0.25) is 9.59 Å². The quantitative estimate of drug-likeness (QED) is 0.684. The van der Waals surface area contributed by atoms with Crippen LogP contribution in [0.1, 0.15) is 10.4 Å². The summed E-state index contributed by atoms with van der Waals surface area (Å²) < 4.78 is 0. The van der Waals surface area contributed by atoms with Gasteiger partial charge in [0, 0.05) is 6.20 Å². The molecule has 2 amide bonds. The van der Waals surface area contributed by atoms with Crippen LogP contribution in [0.4, 0.5) is 5.82 Å². The van der Waals surface area contributed by atoms with E-state index in [2.05, 4.69) is 10.3 Å². The summed E-state index contributed by atoms with van der Waals surface area (Å²) in [6.45, 7) is 0. The largest absolute Gasteiger partial charge is 0.366 e. The lowest BCUT2D eigenvalue weighted by molar-refractivity contribution is -0.105. The minimum Gasteiger partial charge on any atom is -0.366 e. The van der Waals surface area contributed by atoms with Crippen molar-refractivity contribution in [2.45, 2.75) is 0 Å². The maximum Gasteiger partial charge on any atom is 0.250 e. The number of nitrogens with two attached hydrogens (primary N) is 1. The van der Waals surface area contributed by atoms with E-state index in [9.17, 15) is 9.59 Å². The number of carbonyl (C=O) groups excluding carboxylic acids is 2. The number of nitrogens with zero attached hydrogens (tertiary/aromatic N) is 1. The van der Waals surface area contributed by atoms with Crippen molar-refractivity contribution in [3.8, 4) is 0 Å². The van der Waals surface area contributed by atoms with Gasteiger partial charge in [-0.2, -0.15) is 0 Å². The van der Waals surface area contributed by atoms with Crippen LogP contribution in [0.5, 0.6) is 0 Å². The second-order valence-corrected chi connectivity index (χ2v) is 2.06. The first-order chi connectivity index (χ1) is 5.74. The molecule has 0 aromatic carbocycles. The van der Waals surface area contributed by atoms with E-state index in [1.54, 1.807) is 0 Å². The molecular weight excluding hydrogens is 194 g/mol. The number of nitrogens with one attached hydrogen (secondary N) is 1. The van der Waals surface area contributed by atoms with Crippen LogP contribution in [0.15, 0.2) is 18.3 Å². The van der Waals surface area contributed by atoms with E-state index in [0.29, 0.717) is 17.8 Å². The van der Waals surface area contributed by atoms with Crippen molar-refractivity contribution in [3.05, 3.63) is 23.9 Å². The molecule has 0 saturated carbocycles. The van der Waals surface area contributed by atoms with Crippen molar-refractivity contribution < 1.29 is 9.59 Å². The summed E-state index contributed by atoms with van der Waals surface area (Å²) in [4.78, 5) is 24.3. The average molecular weight is 202 g/mol. The lowest BCUT2D eigenvalue weighted by Crippen LogP contribution is -2.11. The Morgan fingerprint density at radius 2 is 2.23 bits per heavy atom. The van der Waals surface area contributed by atoms with Crippen molar-refractivity contribution in [2.75, 3.05) is 5.32 Å². The van der Waals surface area contributed by atoms with Gasteiger partial charge in [-0.15, -0.1) is 12.4 Å². The van der Waals surface area contributed by atoms with Gasteiger partial charge in [-0.05, 0) is 12.1 Å². The van der Waals surface area contributed by atoms with Gasteiger partial charge in [0.05, 0.1) is 5.56 Å². The maximum atomic E-state index is 10.6. The van der Waals surface area contributed by atoms with Gasteiger partial charge in [0.15, 0.2) is 0 Å². The maximum absolute atomic E-state index is 10.6. The zero-order valence-electron chi connectivity index (χ0n) is 6.56. The zero-order valence-corrected chi connectivity index (χ0v) is 7.38. The highest BCUT2D eigenvalue weighted by Gasteiger charge is 1.99. The number of hydrogen-bond acceptors (Lipinski definition) is 3. The second-order valence-electron chi connectivity index (χ2n) is 2.06. The number of pyridine rings is 1. The number of amides is 2. The Morgan fingerprint density at radius 3 is 2.62 bits per heavy atom. The molecule has 1 aromatic rings. The Kier molecular flexibility index (Phi) is 4.47. The zero-order chi connectivity index (χ0) is 8.97. The van der Waals surface area contributed by atoms with Crippen LogP contribution in [0.2, 0.25) is 0 Å². The van der Waals surface area contributed by atoms with E-state index in [0.717, 1.165) is 0 Å². The molecule has 6 heteroatoms.